The van der Waals surface area contributed by atoms with E-state index >= 15 is 0 Å². The van der Waals surface area contributed by atoms with Crippen molar-refractivity contribution in [2.75, 3.05) is 0 Å². The number of phenols is 2. The van der Waals surface area contributed by atoms with E-state index < -0.39 is 0 Å². The largest absolute Gasteiger partial charge is 0.507 e. The molecule has 0 saturated carbocycles. The third-order valence-corrected chi connectivity index (χ3v) is 23.2. The molecular formula is C68H81B3O2S2. The summed E-state index contributed by atoms with van der Waals surface area (Å²) in [4.78, 5) is 2.23. The van der Waals surface area contributed by atoms with Gasteiger partial charge in [-0.2, -0.15) is 0 Å². The zero-order valence-corrected chi connectivity index (χ0v) is 51.4. The minimum atomic E-state index is 0.0162. The molecule has 6 aromatic carbocycles. The van der Waals surface area contributed by atoms with Gasteiger partial charge in [-0.3, -0.25) is 0 Å². The number of aromatic hydroxyl groups is 2. The number of hydrogen-bond donors (Lipinski definition) is 4. The molecule has 0 fully saturated rings. The Morgan fingerprint density at radius 1 is 0.480 bits per heavy atom. The Hall–Kier alpha value is -4.71. The van der Waals surface area contributed by atoms with Crippen LogP contribution in [0, 0.1) is 130 Å². The second kappa shape index (κ2) is 18.5. The standard InChI is InChI=1S/C68H81B3O2S2/c1-26(54-36(11)31(6)42(17)67(74)46(54)21)22-47-32(7)28(3)43(18)68(75)61(47)70-60-52-24-49-35(10)41(16)65(72)53-25-50-34(9)27(2)33(8)48-23-51(63(52)71(62(48)50)64(49)53)44(19)56(60)58-39(14)29(4)38(13)57(66(58)73)55-37(12)30(5)40(15)59(69)45(55)20/h26,28,32,70,72-75H,22-25,69H2,1-21H3. The van der Waals surface area contributed by atoms with Crippen LogP contribution in [0.3, 0.4) is 0 Å². The zero-order valence-electron chi connectivity index (χ0n) is 49.6. The molecule has 0 saturated heterocycles. The SMILES string of the molecule is Bc1c(C)c(C)c(C)c(-c2c(C)c(C)c(C)c(-c3c(C)c4c5c(c3BC3=C(CC(C)c6c(C)c(C)c(C)c(S)c6C)C(C)C(C)C(C)=C3S)Cc3c(C)c(C)c(O)c6c3B5c3c(c(C)c(C)c(C)c3C6)C4)c2O)c1C. The van der Waals surface area contributed by atoms with E-state index in [0.29, 0.717) is 30.6 Å². The summed E-state index contributed by atoms with van der Waals surface area (Å²) < 4.78 is 0. The monoisotopic (exact) mass is 1030 g/mol. The van der Waals surface area contributed by atoms with Gasteiger partial charge in [0.15, 0.2) is 7.28 Å². The fourth-order valence-electron chi connectivity index (χ4n) is 15.8. The van der Waals surface area contributed by atoms with Gasteiger partial charge in [-0.05, 0) is 300 Å². The first-order valence-electron chi connectivity index (χ1n) is 28.0. The fraction of sp³-hybridized carbons (Fsp3) is 0.412. The highest BCUT2D eigenvalue weighted by molar-refractivity contribution is 7.85. The van der Waals surface area contributed by atoms with Crippen molar-refractivity contribution in [3.63, 3.8) is 0 Å². The quantitative estimate of drug-likeness (QED) is 0.0949. The normalized spacial score (nSPS) is 16.9. The Morgan fingerprint density at radius 2 is 0.933 bits per heavy atom. The molecular weight excluding hydrogens is 945 g/mol. The van der Waals surface area contributed by atoms with Crippen LogP contribution in [-0.2, 0) is 19.3 Å². The van der Waals surface area contributed by atoms with Gasteiger partial charge in [-0.15, -0.1) is 25.3 Å². The molecule has 75 heavy (non-hydrogen) atoms. The van der Waals surface area contributed by atoms with Crippen molar-refractivity contribution in [3.05, 3.63) is 155 Å². The number of hydrogen-bond acceptors (Lipinski definition) is 4. The van der Waals surface area contributed by atoms with Crippen LogP contribution in [0.5, 0.6) is 11.5 Å². The predicted molar refractivity (Wildman–Crippen MR) is 336 cm³/mol. The van der Waals surface area contributed by atoms with Crippen LogP contribution < -0.4 is 27.3 Å². The van der Waals surface area contributed by atoms with Gasteiger partial charge in [0.2, 0.25) is 6.71 Å². The van der Waals surface area contributed by atoms with Crippen LogP contribution in [0.2, 0.25) is 0 Å². The fourth-order valence-corrected chi connectivity index (χ4v) is 16.5. The second-order valence-corrected chi connectivity index (χ2v) is 25.6. The highest BCUT2D eigenvalue weighted by Gasteiger charge is 2.47. The third kappa shape index (κ3) is 7.30. The maximum atomic E-state index is 13.8. The molecule has 386 valence electrons. The highest BCUT2D eigenvalue weighted by Crippen LogP contribution is 2.51. The lowest BCUT2D eigenvalue weighted by Gasteiger charge is -2.44. The molecule has 1 aliphatic carbocycles. The van der Waals surface area contributed by atoms with Gasteiger partial charge in [0.05, 0.1) is 0 Å². The highest BCUT2D eigenvalue weighted by atomic mass is 32.1. The topological polar surface area (TPSA) is 40.5 Å². The van der Waals surface area contributed by atoms with Crippen molar-refractivity contribution >= 4 is 74.4 Å². The molecule has 0 amide bonds. The second-order valence-electron chi connectivity index (χ2n) is 24.7. The number of thiol groups is 2. The average Bonchev–Trinajstić information content (AvgIpc) is 3.44. The van der Waals surface area contributed by atoms with Crippen molar-refractivity contribution in [2.24, 2.45) is 11.8 Å². The van der Waals surface area contributed by atoms with E-state index in [4.69, 9.17) is 25.3 Å². The Balaban J connectivity index is 1.36. The third-order valence-electron chi connectivity index (χ3n) is 22.0. The van der Waals surface area contributed by atoms with E-state index in [2.05, 4.69) is 153 Å². The Kier molecular flexibility index (Phi) is 13.2. The van der Waals surface area contributed by atoms with Gasteiger partial charge < -0.3 is 10.2 Å². The molecule has 2 nitrogen and oxygen atoms in total. The van der Waals surface area contributed by atoms with Gasteiger partial charge in [-0.25, -0.2) is 0 Å². The Bertz CT molecular complexity index is 3630. The van der Waals surface area contributed by atoms with Crippen molar-refractivity contribution in [2.45, 2.75) is 182 Å². The molecule has 10 rings (SSSR count). The smallest absolute Gasteiger partial charge is 0.243 e. The first-order valence-corrected chi connectivity index (χ1v) is 28.9. The summed E-state index contributed by atoms with van der Waals surface area (Å²) in [6, 6.07) is 0. The van der Waals surface area contributed by atoms with Crippen molar-refractivity contribution in [1.29, 1.82) is 0 Å². The number of benzene rings is 6. The minimum Gasteiger partial charge on any atom is -0.507 e. The van der Waals surface area contributed by atoms with Crippen molar-refractivity contribution < 1.29 is 10.2 Å². The van der Waals surface area contributed by atoms with E-state index in [1.807, 2.05) is 0 Å². The molecule has 0 bridgehead atoms. The van der Waals surface area contributed by atoms with Gasteiger partial charge in [-0.1, -0.05) is 75.8 Å². The van der Waals surface area contributed by atoms with E-state index in [1.165, 1.54) is 161 Å². The van der Waals surface area contributed by atoms with Crippen LogP contribution in [0.1, 0.15) is 174 Å². The summed E-state index contributed by atoms with van der Waals surface area (Å²) >= 11 is 10.8. The van der Waals surface area contributed by atoms with Gasteiger partial charge in [0, 0.05) is 22.4 Å². The molecule has 3 atom stereocenters. The maximum absolute atomic E-state index is 13.8. The van der Waals surface area contributed by atoms with Gasteiger partial charge in [0.25, 0.3) is 0 Å². The van der Waals surface area contributed by atoms with Crippen LogP contribution in [-0.4, -0.2) is 32.1 Å². The van der Waals surface area contributed by atoms with E-state index in [0.717, 1.165) is 74.4 Å². The molecule has 2 N–H and O–H groups in total. The molecule has 0 spiro atoms. The molecule has 4 aliphatic rings. The summed E-state index contributed by atoms with van der Waals surface area (Å²) in [5, 5.41) is 26.1. The molecule has 7 heteroatoms. The summed E-state index contributed by atoms with van der Waals surface area (Å²) in [5.74, 6) is 1.77. The minimum absolute atomic E-state index is 0.0162. The molecule has 6 aromatic rings. The number of rotatable bonds is 7. The zero-order chi connectivity index (χ0) is 54.9. The van der Waals surface area contributed by atoms with Gasteiger partial charge >= 0.3 is 0 Å². The van der Waals surface area contributed by atoms with E-state index in [9.17, 15) is 10.2 Å². The lowest BCUT2D eigenvalue weighted by atomic mass is 9.26. The predicted octanol–water partition coefficient (Wildman–Crippen LogP) is 12.5. The summed E-state index contributed by atoms with van der Waals surface area (Å²) in [6.07, 6.45) is 3.31. The van der Waals surface area contributed by atoms with Gasteiger partial charge in [0.1, 0.15) is 19.3 Å². The Labute approximate surface area is 464 Å². The van der Waals surface area contributed by atoms with Crippen LogP contribution in [0.4, 0.5) is 0 Å². The first kappa shape index (κ1) is 53.7. The van der Waals surface area contributed by atoms with Crippen molar-refractivity contribution in [3.8, 4) is 33.8 Å². The van der Waals surface area contributed by atoms with Crippen LogP contribution >= 0.6 is 25.3 Å². The first-order chi connectivity index (χ1) is 35.1. The molecule has 0 radical (unpaired) electrons. The average molecular weight is 1030 g/mol. The maximum Gasteiger partial charge on any atom is 0.243 e. The van der Waals surface area contributed by atoms with Crippen LogP contribution in [0.15, 0.2) is 26.4 Å². The molecule has 3 unspecified atom stereocenters. The summed E-state index contributed by atoms with van der Waals surface area (Å²) in [6.45, 7) is 48.3. The summed E-state index contributed by atoms with van der Waals surface area (Å²) in [7, 11) is 2.95. The van der Waals surface area contributed by atoms with E-state index in [1.54, 1.807) is 0 Å². The molecule has 3 heterocycles. The number of allylic oxidation sites excluding steroid dienone is 3. The van der Waals surface area contributed by atoms with Crippen molar-refractivity contribution in [1.82, 2.24) is 0 Å². The lowest BCUT2D eigenvalue weighted by Crippen LogP contribution is -2.67. The van der Waals surface area contributed by atoms with Crippen LogP contribution in [0.25, 0.3) is 22.3 Å². The van der Waals surface area contributed by atoms with E-state index in [-0.39, 0.29) is 12.6 Å². The molecule has 0 aromatic heterocycles. The molecule has 3 aliphatic heterocycles. The number of phenolic OH excluding ortho intramolecular Hbond substituents is 2. The lowest BCUT2D eigenvalue weighted by molar-refractivity contribution is 0.465. The Morgan fingerprint density at radius 3 is 1.53 bits per heavy atom. The summed E-state index contributed by atoms with van der Waals surface area (Å²) in [5.41, 5.74) is 46.5.